The number of morpholine rings is 1. The molecule has 1 N–H and O–H groups in total. The molecule has 3 amide bonds. The first-order valence-corrected chi connectivity index (χ1v) is 9.68. The van der Waals surface area contributed by atoms with E-state index >= 15 is 0 Å². The third-order valence-corrected chi connectivity index (χ3v) is 5.66. The molecule has 2 aliphatic heterocycles. The van der Waals surface area contributed by atoms with E-state index in [-0.39, 0.29) is 23.7 Å². The maximum Gasteiger partial charge on any atom is 0.247 e. The molecule has 3 aliphatic rings. The Hall–Kier alpha value is -2.74. The number of pyridine rings is 1. The Morgan fingerprint density at radius 2 is 1.79 bits per heavy atom. The Balaban J connectivity index is 1.40. The zero-order valence-corrected chi connectivity index (χ0v) is 15.8. The van der Waals surface area contributed by atoms with Gasteiger partial charge in [0.1, 0.15) is 11.9 Å². The molecule has 3 unspecified atom stereocenters. The molecular weight excluding hydrogens is 360 g/mol. The molecule has 8 heteroatoms. The fourth-order valence-electron chi connectivity index (χ4n) is 4.01. The second-order valence-electron chi connectivity index (χ2n) is 7.37. The maximum absolute atomic E-state index is 12.7. The van der Waals surface area contributed by atoms with E-state index in [9.17, 15) is 14.4 Å². The van der Waals surface area contributed by atoms with Crippen molar-refractivity contribution in [1.82, 2.24) is 9.88 Å². The zero-order valence-electron chi connectivity index (χ0n) is 15.8. The predicted octanol–water partition coefficient (Wildman–Crippen LogP) is 1.20. The first-order valence-electron chi connectivity index (χ1n) is 9.68. The van der Waals surface area contributed by atoms with Crippen LogP contribution in [0.4, 0.5) is 11.5 Å². The van der Waals surface area contributed by atoms with Gasteiger partial charge in [-0.25, -0.2) is 4.98 Å². The summed E-state index contributed by atoms with van der Waals surface area (Å²) in [5, 5.41) is 2.76. The average molecular weight is 384 g/mol. The number of imide groups is 1. The molecule has 28 heavy (non-hydrogen) atoms. The fraction of sp³-hybridized carbons (Fsp3) is 0.500. The molecule has 0 radical (unpaired) electrons. The van der Waals surface area contributed by atoms with Crippen LogP contribution in [0.1, 0.15) is 19.8 Å². The topological polar surface area (TPSA) is 91.8 Å². The lowest BCUT2D eigenvalue weighted by molar-refractivity contribution is -0.146. The van der Waals surface area contributed by atoms with Crippen molar-refractivity contribution in [2.75, 3.05) is 36.5 Å². The van der Waals surface area contributed by atoms with Crippen LogP contribution < -0.4 is 10.2 Å². The second kappa shape index (κ2) is 7.71. The van der Waals surface area contributed by atoms with E-state index in [2.05, 4.69) is 15.2 Å². The van der Waals surface area contributed by atoms with Gasteiger partial charge in [-0.05, 0) is 31.9 Å². The van der Waals surface area contributed by atoms with Crippen LogP contribution in [0.15, 0.2) is 30.5 Å². The number of anilines is 2. The molecule has 4 rings (SSSR count). The van der Waals surface area contributed by atoms with Crippen LogP contribution in [0.25, 0.3) is 0 Å². The van der Waals surface area contributed by atoms with Crippen LogP contribution in [0.3, 0.4) is 0 Å². The molecule has 1 aliphatic carbocycles. The van der Waals surface area contributed by atoms with E-state index in [0.717, 1.165) is 23.8 Å². The SMILES string of the molecule is CC(C(=O)Nc1ccc(N2CCOCC2)nc1)N1C(=O)C2CC=CCC2C1=O. The van der Waals surface area contributed by atoms with E-state index in [1.807, 2.05) is 18.2 Å². The van der Waals surface area contributed by atoms with Crippen LogP contribution in [0, 0.1) is 11.8 Å². The van der Waals surface area contributed by atoms with Crippen molar-refractivity contribution in [3.8, 4) is 0 Å². The molecule has 2 fully saturated rings. The summed E-state index contributed by atoms with van der Waals surface area (Å²) in [6.45, 7) is 4.50. The standard InChI is InChI=1S/C20H24N4O4/c1-13(24-19(26)15-4-2-3-5-16(15)20(24)27)18(25)22-14-6-7-17(21-12-14)23-8-10-28-11-9-23/h2-3,6-7,12-13,15-16H,4-5,8-11H2,1H3,(H,22,25). The van der Waals surface area contributed by atoms with Gasteiger partial charge in [-0.3, -0.25) is 19.3 Å². The monoisotopic (exact) mass is 384 g/mol. The molecule has 3 heterocycles. The Morgan fingerprint density at radius 3 is 2.36 bits per heavy atom. The van der Waals surface area contributed by atoms with Gasteiger partial charge in [0.25, 0.3) is 0 Å². The van der Waals surface area contributed by atoms with Gasteiger partial charge < -0.3 is 15.0 Å². The zero-order chi connectivity index (χ0) is 19.7. The smallest absolute Gasteiger partial charge is 0.247 e. The number of hydrogen-bond acceptors (Lipinski definition) is 6. The highest BCUT2D eigenvalue weighted by Gasteiger charge is 2.50. The summed E-state index contributed by atoms with van der Waals surface area (Å²) in [5.41, 5.74) is 0.534. The number of likely N-dealkylation sites (tertiary alicyclic amines) is 1. The number of carbonyl (C=O) groups is 3. The number of carbonyl (C=O) groups excluding carboxylic acids is 3. The van der Waals surface area contributed by atoms with E-state index in [1.54, 1.807) is 19.2 Å². The summed E-state index contributed by atoms with van der Waals surface area (Å²) < 4.78 is 5.34. The Morgan fingerprint density at radius 1 is 1.14 bits per heavy atom. The van der Waals surface area contributed by atoms with Crippen molar-refractivity contribution in [3.05, 3.63) is 30.5 Å². The molecule has 0 bridgehead atoms. The van der Waals surface area contributed by atoms with Gasteiger partial charge in [-0.15, -0.1) is 0 Å². The Kier molecular flexibility index (Phi) is 5.13. The summed E-state index contributed by atoms with van der Waals surface area (Å²) >= 11 is 0. The number of ether oxygens (including phenoxy) is 1. The Labute approximate surface area is 163 Å². The fourth-order valence-corrected chi connectivity index (χ4v) is 4.01. The highest BCUT2D eigenvalue weighted by atomic mass is 16.5. The van der Waals surface area contributed by atoms with E-state index in [0.29, 0.717) is 31.7 Å². The van der Waals surface area contributed by atoms with Gasteiger partial charge in [0, 0.05) is 13.1 Å². The number of fused-ring (bicyclic) bond motifs is 1. The molecule has 148 valence electrons. The van der Waals surface area contributed by atoms with Crippen molar-refractivity contribution >= 4 is 29.2 Å². The quantitative estimate of drug-likeness (QED) is 0.619. The number of allylic oxidation sites excluding steroid dienone is 2. The summed E-state index contributed by atoms with van der Waals surface area (Å²) in [6.07, 6.45) is 6.58. The third-order valence-electron chi connectivity index (χ3n) is 5.66. The van der Waals surface area contributed by atoms with Crippen LogP contribution in [0.5, 0.6) is 0 Å². The van der Waals surface area contributed by atoms with Crippen molar-refractivity contribution < 1.29 is 19.1 Å². The van der Waals surface area contributed by atoms with E-state index in [4.69, 9.17) is 4.74 Å². The molecule has 1 aromatic heterocycles. The summed E-state index contributed by atoms with van der Waals surface area (Å²) in [5.74, 6) is -0.722. The number of hydrogen-bond donors (Lipinski definition) is 1. The van der Waals surface area contributed by atoms with Gasteiger partial charge in [-0.1, -0.05) is 12.2 Å². The summed E-state index contributed by atoms with van der Waals surface area (Å²) in [6, 6.07) is 2.77. The molecule has 0 aromatic carbocycles. The van der Waals surface area contributed by atoms with Crippen molar-refractivity contribution in [2.24, 2.45) is 11.8 Å². The number of amides is 3. The van der Waals surface area contributed by atoms with Gasteiger partial charge in [0.15, 0.2) is 0 Å². The molecule has 0 spiro atoms. The summed E-state index contributed by atoms with van der Waals surface area (Å²) in [4.78, 5) is 45.6. The number of nitrogens with one attached hydrogen (secondary N) is 1. The predicted molar refractivity (Wildman–Crippen MR) is 103 cm³/mol. The number of aromatic nitrogens is 1. The maximum atomic E-state index is 12.7. The molecule has 8 nitrogen and oxygen atoms in total. The lowest BCUT2D eigenvalue weighted by Crippen LogP contribution is -2.46. The number of rotatable bonds is 4. The molecule has 2 saturated heterocycles. The third kappa shape index (κ3) is 3.40. The van der Waals surface area contributed by atoms with E-state index in [1.165, 1.54) is 0 Å². The van der Waals surface area contributed by atoms with Crippen LogP contribution >= 0.6 is 0 Å². The van der Waals surface area contributed by atoms with Gasteiger partial charge in [0.2, 0.25) is 17.7 Å². The highest BCUT2D eigenvalue weighted by molar-refractivity contribution is 6.10. The van der Waals surface area contributed by atoms with Crippen LogP contribution in [-0.2, 0) is 19.1 Å². The van der Waals surface area contributed by atoms with Gasteiger partial charge >= 0.3 is 0 Å². The highest BCUT2D eigenvalue weighted by Crippen LogP contribution is 2.36. The minimum atomic E-state index is -0.857. The second-order valence-corrected chi connectivity index (χ2v) is 7.37. The largest absolute Gasteiger partial charge is 0.378 e. The molecular formula is C20H24N4O4. The van der Waals surface area contributed by atoms with Gasteiger partial charge in [-0.2, -0.15) is 0 Å². The minimum absolute atomic E-state index is 0.247. The minimum Gasteiger partial charge on any atom is -0.378 e. The first-order chi connectivity index (χ1) is 13.6. The van der Waals surface area contributed by atoms with Gasteiger partial charge in [0.05, 0.1) is 36.9 Å². The number of nitrogens with zero attached hydrogens (tertiary/aromatic N) is 3. The van der Waals surface area contributed by atoms with Crippen molar-refractivity contribution in [1.29, 1.82) is 0 Å². The lowest BCUT2D eigenvalue weighted by Gasteiger charge is -2.27. The molecule has 1 aromatic rings. The summed E-state index contributed by atoms with van der Waals surface area (Å²) in [7, 11) is 0. The molecule has 3 atom stereocenters. The van der Waals surface area contributed by atoms with Crippen molar-refractivity contribution in [3.63, 3.8) is 0 Å². The Bertz CT molecular complexity index is 775. The normalized spacial score (nSPS) is 25.6. The average Bonchev–Trinajstić information content (AvgIpc) is 2.99. The lowest BCUT2D eigenvalue weighted by atomic mass is 9.85. The van der Waals surface area contributed by atoms with Crippen LogP contribution in [0.2, 0.25) is 0 Å². The molecule has 0 saturated carbocycles. The van der Waals surface area contributed by atoms with E-state index < -0.39 is 11.9 Å². The first kappa shape index (κ1) is 18.6. The van der Waals surface area contributed by atoms with Crippen LogP contribution in [-0.4, -0.2) is 60.0 Å². The van der Waals surface area contributed by atoms with Crippen molar-refractivity contribution in [2.45, 2.75) is 25.8 Å².